The van der Waals surface area contributed by atoms with Crippen molar-refractivity contribution in [2.24, 2.45) is 23.5 Å². The van der Waals surface area contributed by atoms with Gasteiger partial charge in [0.1, 0.15) is 5.75 Å². The highest BCUT2D eigenvalue weighted by Gasteiger charge is 2.27. The fourth-order valence-electron chi connectivity index (χ4n) is 4.38. The number of aliphatic hydroxyl groups is 1. The first-order chi connectivity index (χ1) is 17.3. The predicted molar refractivity (Wildman–Crippen MR) is 150 cm³/mol. The lowest BCUT2D eigenvalue weighted by Gasteiger charge is -2.29. The number of nitrogens with two attached hydrogens (primary N) is 1. The van der Waals surface area contributed by atoms with Gasteiger partial charge in [0.05, 0.1) is 12.7 Å². The molecule has 1 aromatic rings. The number of unbranched alkanes of at least 4 members (excludes halogenated alkanes) is 1. The molecule has 37 heavy (non-hydrogen) atoms. The summed E-state index contributed by atoms with van der Waals surface area (Å²) >= 11 is 0. The van der Waals surface area contributed by atoms with Crippen molar-refractivity contribution in [3.05, 3.63) is 29.3 Å². The molecule has 7 nitrogen and oxygen atoms in total. The minimum atomic E-state index is -0.750. The maximum atomic E-state index is 12.3. The molecule has 0 aliphatic rings. The molecule has 0 bridgehead atoms. The van der Waals surface area contributed by atoms with Gasteiger partial charge in [0.2, 0.25) is 5.91 Å². The summed E-state index contributed by atoms with van der Waals surface area (Å²) in [7, 11) is 0. The number of benzene rings is 1. The average Bonchev–Trinajstić information content (AvgIpc) is 2.81. The van der Waals surface area contributed by atoms with Crippen molar-refractivity contribution in [1.82, 2.24) is 5.32 Å². The summed E-state index contributed by atoms with van der Waals surface area (Å²) in [6, 6.07) is 5.77. The predicted octanol–water partition coefficient (Wildman–Crippen LogP) is 4.76. The summed E-state index contributed by atoms with van der Waals surface area (Å²) in [5.41, 5.74) is 8.42. The van der Waals surface area contributed by atoms with Gasteiger partial charge in [-0.3, -0.25) is 4.79 Å². The van der Waals surface area contributed by atoms with Crippen LogP contribution in [0.25, 0.3) is 0 Å². The van der Waals surface area contributed by atoms with Crippen molar-refractivity contribution in [1.29, 1.82) is 0 Å². The second-order valence-electron chi connectivity index (χ2n) is 11.6. The Balaban J connectivity index is 2.91. The van der Waals surface area contributed by atoms with E-state index in [0.717, 1.165) is 30.4 Å². The number of nitrogens with one attached hydrogen (secondary N) is 1. The van der Waals surface area contributed by atoms with E-state index in [4.69, 9.17) is 15.2 Å². The Hall–Kier alpha value is -2.12. The summed E-state index contributed by atoms with van der Waals surface area (Å²) in [6.07, 6.45) is 2.98. The molecule has 1 rings (SSSR count). The van der Waals surface area contributed by atoms with Gasteiger partial charge >= 0.3 is 5.97 Å². The third-order valence-electron chi connectivity index (χ3n) is 6.89. The number of ether oxygens (including phenoxy) is 2. The van der Waals surface area contributed by atoms with E-state index in [0.29, 0.717) is 37.7 Å². The Morgan fingerprint density at radius 1 is 1.11 bits per heavy atom. The molecule has 0 aliphatic heterocycles. The first-order valence-electron chi connectivity index (χ1n) is 13.9. The van der Waals surface area contributed by atoms with Crippen molar-refractivity contribution in [3.8, 4) is 5.75 Å². The van der Waals surface area contributed by atoms with Crippen LogP contribution in [0.15, 0.2) is 18.2 Å². The number of rotatable bonds is 16. The van der Waals surface area contributed by atoms with Crippen LogP contribution < -0.4 is 15.8 Å². The van der Waals surface area contributed by atoms with Gasteiger partial charge in [0.15, 0.2) is 6.61 Å². The van der Waals surface area contributed by atoms with E-state index in [1.807, 2.05) is 13.0 Å². The standard InChI is InChI=1S/C30H52N2O5/c1-9-11-14-32-29(35)21(5)15-26(33)25(31)18-23(20(3)4)16-22-12-13-24(30(6,7)8)27(17-22)37-19-28(34)36-10-2/h12-13,17,20-21,23,25-26,33H,9-11,14-16,18-19,31H2,1-8H3,(H,32,35)/t21-,23+,25+,26+/m1/s1. The van der Waals surface area contributed by atoms with E-state index in [1.165, 1.54) is 0 Å². The lowest BCUT2D eigenvalue weighted by atomic mass is 9.81. The molecular formula is C30H52N2O5. The molecule has 0 heterocycles. The van der Waals surface area contributed by atoms with Crippen LogP contribution in [0.4, 0.5) is 0 Å². The maximum Gasteiger partial charge on any atom is 0.344 e. The molecule has 4 atom stereocenters. The summed E-state index contributed by atoms with van der Waals surface area (Å²) in [5, 5.41) is 13.7. The van der Waals surface area contributed by atoms with Crippen LogP contribution >= 0.6 is 0 Å². The highest BCUT2D eigenvalue weighted by molar-refractivity contribution is 5.78. The number of aliphatic hydroxyl groups excluding tert-OH is 1. The number of hydrogen-bond acceptors (Lipinski definition) is 6. The van der Waals surface area contributed by atoms with E-state index >= 15 is 0 Å². The van der Waals surface area contributed by atoms with E-state index in [2.05, 4.69) is 59.0 Å². The second kappa shape index (κ2) is 16.0. The Morgan fingerprint density at radius 3 is 2.35 bits per heavy atom. The van der Waals surface area contributed by atoms with Crippen molar-refractivity contribution in [3.63, 3.8) is 0 Å². The van der Waals surface area contributed by atoms with Gasteiger partial charge in [0.25, 0.3) is 0 Å². The Bertz CT molecular complexity index is 834. The van der Waals surface area contributed by atoms with Crippen LogP contribution in [0.2, 0.25) is 0 Å². The molecular weight excluding hydrogens is 468 g/mol. The number of hydrogen-bond donors (Lipinski definition) is 3. The van der Waals surface area contributed by atoms with Crippen LogP contribution in [0.1, 0.15) is 92.2 Å². The summed E-state index contributed by atoms with van der Waals surface area (Å²) in [6.45, 7) is 17.2. The van der Waals surface area contributed by atoms with E-state index in [-0.39, 0.29) is 35.7 Å². The first kappa shape index (κ1) is 32.9. The van der Waals surface area contributed by atoms with Gasteiger partial charge in [0, 0.05) is 18.5 Å². The van der Waals surface area contributed by atoms with Crippen LogP contribution in [-0.2, 0) is 26.2 Å². The second-order valence-corrected chi connectivity index (χ2v) is 11.6. The quantitative estimate of drug-likeness (QED) is 0.214. The maximum absolute atomic E-state index is 12.3. The molecule has 0 saturated carbocycles. The smallest absolute Gasteiger partial charge is 0.344 e. The molecule has 0 unspecified atom stereocenters. The van der Waals surface area contributed by atoms with Gasteiger partial charge in [-0.1, -0.05) is 67.0 Å². The first-order valence-corrected chi connectivity index (χ1v) is 13.9. The van der Waals surface area contributed by atoms with Crippen molar-refractivity contribution in [2.75, 3.05) is 19.8 Å². The zero-order chi connectivity index (χ0) is 28.2. The highest BCUT2D eigenvalue weighted by Crippen LogP contribution is 2.34. The van der Waals surface area contributed by atoms with E-state index < -0.39 is 12.1 Å². The zero-order valence-corrected chi connectivity index (χ0v) is 24.4. The van der Waals surface area contributed by atoms with E-state index in [1.54, 1.807) is 6.92 Å². The Labute approximate surface area is 224 Å². The zero-order valence-electron chi connectivity index (χ0n) is 24.4. The third kappa shape index (κ3) is 11.9. The van der Waals surface area contributed by atoms with Crippen LogP contribution in [0.3, 0.4) is 0 Å². The lowest BCUT2D eigenvalue weighted by molar-refractivity contribution is -0.145. The molecule has 0 fully saturated rings. The summed E-state index contributed by atoms with van der Waals surface area (Å²) in [4.78, 5) is 24.2. The van der Waals surface area contributed by atoms with Gasteiger partial charge < -0.3 is 25.6 Å². The number of esters is 1. The Morgan fingerprint density at radius 2 is 1.78 bits per heavy atom. The minimum absolute atomic E-state index is 0.0330. The van der Waals surface area contributed by atoms with E-state index in [9.17, 15) is 14.7 Å². The molecule has 4 N–H and O–H groups in total. The molecule has 0 spiro atoms. The van der Waals surface area contributed by atoms with Crippen LogP contribution in [0, 0.1) is 17.8 Å². The molecule has 0 radical (unpaired) electrons. The Kier molecular flexibility index (Phi) is 14.2. The number of carbonyl (C=O) groups is 2. The summed E-state index contributed by atoms with van der Waals surface area (Å²) < 4.78 is 10.9. The summed E-state index contributed by atoms with van der Waals surface area (Å²) in [5.74, 6) is 0.554. The molecule has 212 valence electrons. The fourth-order valence-corrected chi connectivity index (χ4v) is 4.38. The fraction of sp³-hybridized carbons (Fsp3) is 0.733. The minimum Gasteiger partial charge on any atom is -0.482 e. The van der Waals surface area contributed by atoms with Gasteiger partial charge in [-0.15, -0.1) is 0 Å². The largest absolute Gasteiger partial charge is 0.482 e. The highest BCUT2D eigenvalue weighted by atomic mass is 16.6. The lowest BCUT2D eigenvalue weighted by Crippen LogP contribution is -2.41. The third-order valence-corrected chi connectivity index (χ3v) is 6.89. The van der Waals surface area contributed by atoms with Crippen molar-refractivity contribution >= 4 is 11.9 Å². The number of carbonyl (C=O) groups excluding carboxylic acids is 2. The van der Waals surface area contributed by atoms with Crippen LogP contribution in [-0.4, -0.2) is 48.9 Å². The van der Waals surface area contributed by atoms with Crippen LogP contribution in [0.5, 0.6) is 5.75 Å². The molecule has 7 heteroatoms. The average molecular weight is 521 g/mol. The SMILES string of the molecule is CCCCNC(=O)[C@H](C)C[C@H](O)[C@@H](N)C[C@H](Cc1ccc(C(C)(C)C)c(OCC(=O)OCC)c1)C(C)C. The number of amides is 1. The molecule has 0 saturated heterocycles. The van der Waals surface area contributed by atoms with Crippen molar-refractivity contribution < 1.29 is 24.2 Å². The molecule has 1 amide bonds. The molecule has 0 aromatic heterocycles. The normalized spacial score (nSPS) is 15.1. The monoisotopic (exact) mass is 520 g/mol. The molecule has 1 aromatic carbocycles. The molecule has 0 aliphatic carbocycles. The topological polar surface area (TPSA) is 111 Å². The van der Waals surface area contributed by atoms with Gasteiger partial charge in [-0.25, -0.2) is 4.79 Å². The van der Waals surface area contributed by atoms with Gasteiger partial charge in [-0.05, 0) is 67.1 Å². The van der Waals surface area contributed by atoms with Gasteiger partial charge in [-0.2, -0.15) is 0 Å². The van der Waals surface area contributed by atoms with Crippen molar-refractivity contribution in [2.45, 2.75) is 105 Å².